The van der Waals surface area contributed by atoms with Crippen LogP contribution >= 0.6 is 0 Å². The predicted molar refractivity (Wildman–Crippen MR) is 178 cm³/mol. The van der Waals surface area contributed by atoms with E-state index < -0.39 is 0 Å². The van der Waals surface area contributed by atoms with Crippen LogP contribution in [-0.4, -0.2) is 14.5 Å². The molecule has 0 atom stereocenters. The lowest BCUT2D eigenvalue weighted by atomic mass is 9.92. The fourth-order valence-electron chi connectivity index (χ4n) is 6.74. The standard InChI is InChI=1S/C40H27N3O/c1-3-12-26(13-4-1)33-25-34(27-14-5-2-6-15-27)42-40(41-33)28-16-11-17-29(24-28)43-35-20-9-7-19-32(35)38-36(43)23-22-31-30-18-8-10-21-37(30)44-39(31)38/h1-21,24-25H,22-23H2. The van der Waals surface area contributed by atoms with E-state index in [1.165, 1.54) is 33.1 Å². The molecule has 0 aliphatic heterocycles. The van der Waals surface area contributed by atoms with Crippen molar-refractivity contribution >= 4 is 21.9 Å². The monoisotopic (exact) mass is 565 g/mol. The smallest absolute Gasteiger partial charge is 0.160 e. The molecular weight excluding hydrogens is 538 g/mol. The molecular formula is C40H27N3O. The Balaban J connectivity index is 1.24. The number of hydrogen-bond acceptors (Lipinski definition) is 3. The molecule has 4 heteroatoms. The van der Waals surface area contributed by atoms with Gasteiger partial charge in [-0.1, -0.05) is 109 Å². The minimum absolute atomic E-state index is 0.706. The molecule has 44 heavy (non-hydrogen) atoms. The van der Waals surface area contributed by atoms with Gasteiger partial charge in [0.05, 0.1) is 16.9 Å². The van der Waals surface area contributed by atoms with E-state index in [1.54, 1.807) is 0 Å². The number of nitrogens with zero attached hydrogens (tertiary/aromatic N) is 3. The van der Waals surface area contributed by atoms with Crippen LogP contribution in [0.3, 0.4) is 0 Å². The number of furan rings is 1. The zero-order valence-electron chi connectivity index (χ0n) is 23.9. The van der Waals surface area contributed by atoms with Crippen LogP contribution in [0.15, 0.2) is 144 Å². The summed E-state index contributed by atoms with van der Waals surface area (Å²) in [6.45, 7) is 0. The molecule has 1 aliphatic carbocycles. The van der Waals surface area contributed by atoms with Crippen molar-refractivity contribution in [3.05, 3.63) is 151 Å². The third-order valence-corrected chi connectivity index (χ3v) is 8.74. The van der Waals surface area contributed by atoms with Gasteiger partial charge in [0.1, 0.15) is 11.3 Å². The van der Waals surface area contributed by atoms with Crippen molar-refractivity contribution in [3.8, 4) is 50.9 Å². The summed E-state index contributed by atoms with van der Waals surface area (Å²) in [5.41, 5.74) is 11.9. The van der Waals surface area contributed by atoms with E-state index in [4.69, 9.17) is 14.4 Å². The molecule has 0 amide bonds. The molecule has 0 N–H and O–H groups in total. The van der Waals surface area contributed by atoms with Crippen LogP contribution in [0, 0.1) is 0 Å². The summed E-state index contributed by atoms with van der Waals surface area (Å²) in [7, 11) is 0. The molecule has 5 aromatic carbocycles. The number of hydrogen-bond donors (Lipinski definition) is 0. The number of aryl methyl sites for hydroxylation is 1. The fraction of sp³-hybridized carbons (Fsp3) is 0.0500. The summed E-state index contributed by atoms with van der Waals surface area (Å²) in [5, 5.41) is 2.43. The number of aromatic nitrogens is 3. The van der Waals surface area contributed by atoms with E-state index in [0.29, 0.717) is 5.82 Å². The molecule has 0 bridgehead atoms. The second-order valence-electron chi connectivity index (χ2n) is 11.3. The number of rotatable bonds is 4. The number of para-hydroxylation sites is 2. The Labute approximate surface area is 254 Å². The van der Waals surface area contributed by atoms with Crippen molar-refractivity contribution in [2.24, 2.45) is 0 Å². The van der Waals surface area contributed by atoms with E-state index in [9.17, 15) is 0 Å². The molecule has 3 heterocycles. The highest BCUT2D eigenvalue weighted by molar-refractivity contribution is 6.02. The average Bonchev–Trinajstić information content (AvgIpc) is 3.65. The molecule has 0 saturated heterocycles. The van der Waals surface area contributed by atoms with E-state index in [-0.39, 0.29) is 0 Å². The van der Waals surface area contributed by atoms with Gasteiger partial charge in [0.2, 0.25) is 0 Å². The first-order valence-electron chi connectivity index (χ1n) is 15.1. The highest BCUT2D eigenvalue weighted by atomic mass is 16.3. The lowest BCUT2D eigenvalue weighted by Crippen LogP contribution is -2.07. The summed E-state index contributed by atoms with van der Waals surface area (Å²) in [6.07, 6.45) is 1.88. The number of fused-ring (bicyclic) bond motifs is 7. The van der Waals surface area contributed by atoms with Crippen molar-refractivity contribution in [1.29, 1.82) is 0 Å². The Morgan fingerprint density at radius 1 is 0.545 bits per heavy atom. The lowest BCUT2D eigenvalue weighted by molar-refractivity contribution is 0.620. The van der Waals surface area contributed by atoms with Gasteiger partial charge >= 0.3 is 0 Å². The van der Waals surface area contributed by atoms with Gasteiger partial charge in [0.25, 0.3) is 0 Å². The zero-order valence-corrected chi connectivity index (χ0v) is 23.9. The highest BCUT2D eigenvalue weighted by Crippen LogP contribution is 2.46. The molecule has 1 aliphatic rings. The second-order valence-corrected chi connectivity index (χ2v) is 11.3. The normalized spacial score (nSPS) is 12.4. The first-order chi connectivity index (χ1) is 21.8. The molecule has 0 fully saturated rings. The molecule has 0 radical (unpaired) electrons. The molecule has 0 spiro atoms. The van der Waals surface area contributed by atoms with Crippen LogP contribution < -0.4 is 0 Å². The molecule has 4 nitrogen and oxygen atoms in total. The maximum absolute atomic E-state index is 6.54. The van der Waals surface area contributed by atoms with E-state index >= 15 is 0 Å². The minimum atomic E-state index is 0.706. The van der Waals surface area contributed by atoms with E-state index in [2.05, 4.69) is 102 Å². The Bertz CT molecular complexity index is 2270. The van der Waals surface area contributed by atoms with Gasteiger partial charge in [-0.25, -0.2) is 9.97 Å². The largest absolute Gasteiger partial charge is 0.456 e. The van der Waals surface area contributed by atoms with Gasteiger partial charge in [-0.2, -0.15) is 0 Å². The van der Waals surface area contributed by atoms with Crippen LogP contribution in [0.1, 0.15) is 11.3 Å². The van der Waals surface area contributed by atoms with Crippen molar-refractivity contribution in [2.45, 2.75) is 12.8 Å². The van der Waals surface area contributed by atoms with Gasteiger partial charge in [0, 0.05) is 50.0 Å². The molecule has 9 rings (SSSR count). The SMILES string of the molecule is c1ccc(-c2cc(-c3ccccc3)nc(-c3cccc(-n4c5c(c6ccccc64)-c4oc6ccccc6c4CC5)c3)n2)cc1. The van der Waals surface area contributed by atoms with Crippen molar-refractivity contribution in [3.63, 3.8) is 0 Å². The van der Waals surface area contributed by atoms with Gasteiger partial charge in [-0.05, 0) is 43.2 Å². The quantitative estimate of drug-likeness (QED) is 0.213. The average molecular weight is 566 g/mol. The zero-order chi connectivity index (χ0) is 29.0. The topological polar surface area (TPSA) is 43.9 Å². The first kappa shape index (κ1) is 24.8. The van der Waals surface area contributed by atoms with Gasteiger partial charge in [-0.15, -0.1) is 0 Å². The van der Waals surface area contributed by atoms with Crippen molar-refractivity contribution in [2.75, 3.05) is 0 Å². The Morgan fingerprint density at radius 2 is 1.18 bits per heavy atom. The van der Waals surface area contributed by atoms with Crippen LogP contribution in [0.5, 0.6) is 0 Å². The summed E-state index contributed by atoms with van der Waals surface area (Å²) < 4.78 is 8.95. The number of benzene rings is 5. The molecule has 0 saturated carbocycles. The van der Waals surface area contributed by atoms with Gasteiger partial charge in [0.15, 0.2) is 5.82 Å². The minimum Gasteiger partial charge on any atom is -0.456 e. The third-order valence-electron chi connectivity index (χ3n) is 8.74. The maximum Gasteiger partial charge on any atom is 0.160 e. The summed E-state index contributed by atoms with van der Waals surface area (Å²) in [4.78, 5) is 10.2. The van der Waals surface area contributed by atoms with E-state index in [0.717, 1.165) is 58.0 Å². The maximum atomic E-state index is 6.54. The van der Waals surface area contributed by atoms with Crippen LogP contribution in [-0.2, 0) is 12.8 Å². The third kappa shape index (κ3) is 3.92. The van der Waals surface area contributed by atoms with Gasteiger partial charge in [-0.3, -0.25) is 0 Å². The molecule has 3 aromatic heterocycles. The molecule has 208 valence electrons. The summed E-state index contributed by atoms with van der Waals surface area (Å²) >= 11 is 0. The Morgan fingerprint density at radius 3 is 1.93 bits per heavy atom. The van der Waals surface area contributed by atoms with Crippen LogP contribution in [0.4, 0.5) is 0 Å². The molecule has 0 unspecified atom stereocenters. The Hall–Kier alpha value is -5.74. The van der Waals surface area contributed by atoms with Crippen LogP contribution in [0.2, 0.25) is 0 Å². The fourth-order valence-corrected chi connectivity index (χ4v) is 6.74. The molecule has 8 aromatic rings. The summed E-state index contributed by atoms with van der Waals surface area (Å²) in [6, 6.07) is 48.4. The Kier molecular flexibility index (Phi) is 5.60. The second kappa shape index (κ2) is 9.92. The van der Waals surface area contributed by atoms with Gasteiger partial charge < -0.3 is 8.98 Å². The predicted octanol–water partition coefficient (Wildman–Crippen LogP) is 9.93. The highest BCUT2D eigenvalue weighted by Gasteiger charge is 2.29. The first-order valence-corrected chi connectivity index (χ1v) is 15.1. The van der Waals surface area contributed by atoms with E-state index in [1.807, 2.05) is 42.5 Å². The van der Waals surface area contributed by atoms with Crippen LogP contribution in [0.25, 0.3) is 72.8 Å². The summed E-state index contributed by atoms with van der Waals surface area (Å²) in [5.74, 6) is 1.71. The lowest BCUT2D eigenvalue weighted by Gasteiger charge is -2.17. The van der Waals surface area contributed by atoms with Crippen molar-refractivity contribution < 1.29 is 4.42 Å². The van der Waals surface area contributed by atoms with Crippen molar-refractivity contribution in [1.82, 2.24) is 14.5 Å².